The van der Waals surface area contributed by atoms with Crippen LogP contribution in [0.3, 0.4) is 0 Å². The first kappa shape index (κ1) is 23.9. The maximum Gasteiger partial charge on any atom is 0.434 e. The number of carbonyl (C=O) groups is 1. The molecular weight excluding hydrogens is 499 g/mol. The molecule has 0 radical (unpaired) electrons. The van der Waals surface area contributed by atoms with Crippen molar-refractivity contribution in [3.8, 4) is 28.6 Å². The van der Waals surface area contributed by atoms with Gasteiger partial charge in [0.25, 0.3) is 5.91 Å². The summed E-state index contributed by atoms with van der Waals surface area (Å²) in [6, 6.07) is 6.29. The molecule has 0 aliphatic heterocycles. The van der Waals surface area contributed by atoms with Crippen molar-refractivity contribution in [2.45, 2.75) is 6.18 Å². The van der Waals surface area contributed by atoms with Gasteiger partial charge in [-0.05, 0) is 30.3 Å². The van der Waals surface area contributed by atoms with Crippen molar-refractivity contribution in [1.29, 1.82) is 0 Å². The van der Waals surface area contributed by atoms with E-state index in [0.717, 1.165) is 36.5 Å². The third-order valence-electron chi connectivity index (χ3n) is 4.65. The minimum absolute atomic E-state index is 0.0297. The first-order chi connectivity index (χ1) is 16.5. The van der Waals surface area contributed by atoms with Crippen LogP contribution in [0.5, 0.6) is 11.5 Å². The van der Waals surface area contributed by atoms with Gasteiger partial charge in [0.1, 0.15) is 16.5 Å². The van der Waals surface area contributed by atoms with Gasteiger partial charge in [0.05, 0.1) is 5.56 Å². The van der Waals surface area contributed by atoms with Crippen LogP contribution in [0.1, 0.15) is 16.1 Å². The van der Waals surface area contributed by atoms with E-state index in [1.165, 1.54) is 12.3 Å². The molecule has 0 saturated heterocycles. The Labute approximate surface area is 197 Å². The summed E-state index contributed by atoms with van der Waals surface area (Å²) < 4.78 is 76.4. The van der Waals surface area contributed by atoms with Crippen molar-refractivity contribution in [2.24, 2.45) is 5.73 Å². The summed E-state index contributed by atoms with van der Waals surface area (Å²) in [5, 5.41) is 3.63. The van der Waals surface area contributed by atoms with Crippen molar-refractivity contribution in [1.82, 2.24) is 19.7 Å². The third-order valence-corrected chi connectivity index (χ3v) is 5.03. The molecule has 0 saturated carbocycles. The Morgan fingerprint density at radius 1 is 1.03 bits per heavy atom. The predicted octanol–water partition coefficient (Wildman–Crippen LogP) is 4.75. The molecule has 3 aromatic heterocycles. The molecule has 35 heavy (non-hydrogen) atoms. The number of anilines is 1. The van der Waals surface area contributed by atoms with Gasteiger partial charge in [0.15, 0.2) is 34.6 Å². The highest BCUT2D eigenvalue weighted by Gasteiger charge is 2.43. The second kappa shape index (κ2) is 8.83. The number of ether oxygens (including phenoxy) is 1. The molecule has 0 aliphatic rings. The molecule has 1 aromatic carbocycles. The Bertz CT molecular complexity index is 1460. The number of hydrogen-bond donors (Lipinski definition) is 2. The average molecular weight is 511 g/mol. The Morgan fingerprint density at radius 2 is 1.77 bits per heavy atom. The summed E-state index contributed by atoms with van der Waals surface area (Å²) in [5.74, 6) is -5.01. The van der Waals surface area contributed by atoms with Gasteiger partial charge in [0.2, 0.25) is 0 Å². The standard InChI is InChI=1S/C21H12ClF5N6O2/c22-15-13(5-7-30-18(15)28)35-12-4-3-9(8-11(12)24)16-14(19(29)34)17(21(25,26)27)33(32-16)20-10(23)2-1-6-31-20/h1-8H,(H2,28,30)(H2,29,34). The molecule has 0 bridgehead atoms. The van der Waals surface area contributed by atoms with Crippen LogP contribution in [0.25, 0.3) is 17.1 Å². The van der Waals surface area contributed by atoms with Gasteiger partial charge in [0, 0.05) is 24.0 Å². The highest BCUT2D eigenvalue weighted by atomic mass is 35.5. The number of nitrogens with two attached hydrogens (primary N) is 2. The van der Waals surface area contributed by atoms with Gasteiger partial charge >= 0.3 is 6.18 Å². The SMILES string of the molecule is NC(=O)c1c(-c2ccc(Oc3ccnc(N)c3Cl)c(F)c2)nn(-c2ncccc2F)c1C(F)(F)F. The number of halogens is 6. The van der Waals surface area contributed by atoms with Gasteiger partial charge < -0.3 is 16.2 Å². The topological polar surface area (TPSA) is 122 Å². The van der Waals surface area contributed by atoms with Crippen LogP contribution in [0.15, 0.2) is 48.8 Å². The van der Waals surface area contributed by atoms with E-state index in [0.29, 0.717) is 0 Å². The molecule has 180 valence electrons. The number of nitrogen functional groups attached to an aromatic ring is 1. The first-order valence-electron chi connectivity index (χ1n) is 9.47. The number of aromatic nitrogens is 4. The van der Waals surface area contributed by atoms with Crippen molar-refractivity contribution >= 4 is 23.3 Å². The Morgan fingerprint density at radius 3 is 2.40 bits per heavy atom. The molecule has 8 nitrogen and oxygen atoms in total. The van der Waals surface area contributed by atoms with E-state index in [4.69, 9.17) is 27.8 Å². The minimum atomic E-state index is -5.20. The van der Waals surface area contributed by atoms with Crippen LogP contribution in [0, 0.1) is 11.6 Å². The van der Waals surface area contributed by atoms with Gasteiger partial charge in [-0.1, -0.05) is 11.6 Å². The first-order valence-corrected chi connectivity index (χ1v) is 9.85. The number of hydrogen-bond acceptors (Lipinski definition) is 6. The van der Waals surface area contributed by atoms with E-state index >= 15 is 0 Å². The van der Waals surface area contributed by atoms with Gasteiger partial charge in [-0.15, -0.1) is 0 Å². The van der Waals surface area contributed by atoms with Crippen molar-refractivity contribution < 1.29 is 31.5 Å². The summed E-state index contributed by atoms with van der Waals surface area (Å²) in [7, 11) is 0. The Hall–Kier alpha value is -4.26. The molecule has 3 heterocycles. The van der Waals surface area contributed by atoms with Gasteiger partial charge in [-0.2, -0.15) is 18.3 Å². The molecule has 0 aliphatic carbocycles. The highest BCUT2D eigenvalue weighted by molar-refractivity contribution is 6.34. The fraction of sp³-hybridized carbons (Fsp3) is 0.0476. The summed E-state index contributed by atoms with van der Waals surface area (Å²) in [4.78, 5) is 19.4. The van der Waals surface area contributed by atoms with Crippen LogP contribution in [-0.2, 0) is 6.18 Å². The van der Waals surface area contributed by atoms with E-state index in [2.05, 4.69) is 15.1 Å². The fourth-order valence-corrected chi connectivity index (χ4v) is 3.32. The zero-order valence-corrected chi connectivity index (χ0v) is 17.9. The number of nitrogens with zero attached hydrogens (tertiary/aromatic N) is 4. The second-order valence-electron chi connectivity index (χ2n) is 6.91. The van der Waals surface area contributed by atoms with Gasteiger partial charge in [-0.3, -0.25) is 4.79 Å². The number of primary amides is 1. The molecule has 4 aromatic rings. The predicted molar refractivity (Wildman–Crippen MR) is 114 cm³/mol. The molecule has 0 atom stereocenters. The lowest BCUT2D eigenvalue weighted by Gasteiger charge is -2.11. The van der Waals surface area contributed by atoms with Crippen LogP contribution in [0.4, 0.5) is 27.8 Å². The smallest absolute Gasteiger partial charge is 0.434 e. The largest absolute Gasteiger partial charge is 0.453 e. The average Bonchev–Trinajstić information content (AvgIpc) is 3.20. The van der Waals surface area contributed by atoms with E-state index in [-0.39, 0.29) is 32.6 Å². The normalized spacial score (nSPS) is 11.5. The molecule has 1 amide bonds. The minimum Gasteiger partial charge on any atom is -0.453 e. The summed E-state index contributed by atoms with van der Waals surface area (Å²) in [5.41, 5.74) is 7.11. The van der Waals surface area contributed by atoms with Crippen LogP contribution < -0.4 is 16.2 Å². The molecular formula is C21H12ClF5N6O2. The quantitative estimate of drug-likeness (QED) is 0.374. The lowest BCUT2D eigenvalue weighted by atomic mass is 10.0. The van der Waals surface area contributed by atoms with Crippen LogP contribution in [0.2, 0.25) is 5.02 Å². The monoisotopic (exact) mass is 510 g/mol. The van der Waals surface area contributed by atoms with E-state index < -0.39 is 46.5 Å². The summed E-state index contributed by atoms with van der Waals surface area (Å²) in [6.45, 7) is 0. The maximum absolute atomic E-state index is 14.9. The Balaban J connectivity index is 1.87. The summed E-state index contributed by atoms with van der Waals surface area (Å²) >= 11 is 5.97. The summed E-state index contributed by atoms with van der Waals surface area (Å²) in [6.07, 6.45) is -2.89. The van der Waals surface area contributed by atoms with Crippen LogP contribution in [-0.4, -0.2) is 25.7 Å². The zero-order chi connectivity index (χ0) is 25.5. The van der Waals surface area contributed by atoms with E-state index in [1.54, 1.807) is 0 Å². The highest BCUT2D eigenvalue weighted by Crippen LogP contribution is 2.40. The second-order valence-corrected chi connectivity index (χ2v) is 7.29. The Kier molecular flexibility index (Phi) is 6.03. The number of amides is 1. The van der Waals surface area contributed by atoms with Gasteiger partial charge in [-0.25, -0.2) is 23.4 Å². The molecule has 0 spiro atoms. The van der Waals surface area contributed by atoms with Crippen molar-refractivity contribution in [3.63, 3.8) is 0 Å². The van der Waals surface area contributed by atoms with Crippen molar-refractivity contribution in [3.05, 3.63) is 76.7 Å². The van der Waals surface area contributed by atoms with Crippen molar-refractivity contribution in [2.75, 3.05) is 5.73 Å². The number of carbonyl (C=O) groups excluding carboxylic acids is 1. The molecule has 4 rings (SSSR count). The number of rotatable bonds is 5. The zero-order valence-electron chi connectivity index (χ0n) is 17.1. The van der Waals surface area contributed by atoms with E-state index in [9.17, 15) is 26.7 Å². The van der Waals surface area contributed by atoms with E-state index in [1.807, 2.05) is 0 Å². The fourth-order valence-electron chi connectivity index (χ4n) is 3.17. The van der Waals surface area contributed by atoms with Crippen LogP contribution >= 0.6 is 11.6 Å². The lowest BCUT2D eigenvalue weighted by Crippen LogP contribution is -2.21. The number of alkyl halides is 3. The lowest BCUT2D eigenvalue weighted by molar-refractivity contribution is -0.143. The maximum atomic E-state index is 14.9. The number of pyridine rings is 2. The molecule has 4 N–H and O–H groups in total. The number of benzene rings is 1. The molecule has 14 heteroatoms. The molecule has 0 fully saturated rings. The molecule has 0 unspecified atom stereocenters. The third kappa shape index (κ3) is 4.45.